The van der Waals surface area contributed by atoms with Crippen LogP contribution in [0.15, 0.2) is 0 Å². The lowest BCUT2D eigenvalue weighted by Gasteiger charge is -1.93. The Bertz CT molecular complexity index is 213. The van der Waals surface area contributed by atoms with Crippen molar-refractivity contribution in [1.29, 1.82) is 0 Å². The van der Waals surface area contributed by atoms with E-state index in [2.05, 4.69) is 0 Å². The van der Waals surface area contributed by atoms with Gasteiger partial charge in [0.25, 0.3) is 0 Å². The molecule has 0 atom stereocenters. The smallest absolute Gasteiger partial charge is 0.475 e. The normalized spacial score (nSPS) is 17.4. The van der Waals surface area contributed by atoms with Crippen molar-refractivity contribution in [3.8, 4) is 0 Å². The van der Waals surface area contributed by atoms with Crippen LogP contribution in [0.3, 0.4) is 0 Å². The largest absolute Gasteiger partial charge is 0.490 e. The first-order valence-corrected chi connectivity index (χ1v) is 4.66. The second-order valence-electron chi connectivity index (χ2n) is 3.26. The number of hydrogen-bond acceptors (Lipinski definition) is 2. The minimum Gasteiger partial charge on any atom is -0.475 e. The number of Topliss-reactive ketones (excluding diaryl/α,β-unsaturated/α-hetero) is 1. The molecule has 0 spiro atoms. The molecular formula is C9H13F3O3. The average Bonchev–Trinajstić information content (AvgIpc) is 2.32. The third kappa shape index (κ3) is 7.96. The molecule has 0 aromatic carbocycles. The second-order valence-corrected chi connectivity index (χ2v) is 3.26. The maximum Gasteiger partial charge on any atom is 0.490 e. The van der Waals surface area contributed by atoms with E-state index in [1.54, 1.807) is 0 Å². The van der Waals surface area contributed by atoms with Crippen LogP contribution in [0.25, 0.3) is 0 Å². The quantitative estimate of drug-likeness (QED) is 0.646. The summed E-state index contributed by atoms with van der Waals surface area (Å²) in [7, 11) is 0. The van der Waals surface area contributed by atoms with E-state index >= 15 is 0 Å². The highest BCUT2D eigenvalue weighted by molar-refractivity contribution is 5.78. The molecular weight excluding hydrogens is 213 g/mol. The van der Waals surface area contributed by atoms with Gasteiger partial charge in [-0.1, -0.05) is 12.8 Å². The van der Waals surface area contributed by atoms with E-state index < -0.39 is 12.1 Å². The zero-order valence-electron chi connectivity index (χ0n) is 8.14. The monoisotopic (exact) mass is 226 g/mol. The van der Waals surface area contributed by atoms with Gasteiger partial charge in [-0.05, 0) is 12.8 Å². The molecule has 1 N–H and O–H groups in total. The molecule has 3 nitrogen and oxygen atoms in total. The van der Waals surface area contributed by atoms with Gasteiger partial charge in [0.1, 0.15) is 5.78 Å². The van der Waals surface area contributed by atoms with Gasteiger partial charge in [-0.2, -0.15) is 13.2 Å². The minimum atomic E-state index is -5.08. The van der Waals surface area contributed by atoms with Gasteiger partial charge >= 0.3 is 12.1 Å². The first-order valence-electron chi connectivity index (χ1n) is 4.66. The molecule has 1 aliphatic carbocycles. The summed E-state index contributed by atoms with van der Waals surface area (Å²) < 4.78 is 31.7. The van der Waals surface area contributed by atoms with E-state index in [0.717, 1.165) is 25.7 Å². The molecule has 88 valence electrons. The van der Waals surface area contributed by atoms with Crippen LogP contribution >= 0.6 is 0 Å². The number of carbonyl (C=O) groups excluding carboxylic acids is 1. The Morgan fingerprint density at radius 3 is 1.67 bits per heavy atom. The van der Waals surface area contributed by atoms with E-state index in [-0.39, 0.29) is 0 Å². The Balaban J connectivity index is 0.000000265. The van der Waals surface area contributed by atoms with E-state index in [4.69, 9.17) is 9.90 Å². The van der Waals surface area contributed by atoms with Crippen molar-refractivity contribution in [2.75, 3.05) is 0 Å². The van der Waals surface area contributed by atoms with Crippen LogP contribution < -0.4 is 0 Å². The molecule has 1 rings (SSSR count). The molecule has 0 saturated heterocycles. The van der Waals surface area contributed by atoms with Gasteiger partial charge in [-0.25, -0.2) is 4.79 Å². The lowest BCUT2D eigenvalue weighted by molar-refractivity contribution is -0.192. The van der Waals surface area contributed by atoms with Crippen molar-refractivity contribution in [2.45, 2.75) is 44.7 Å². The minimum absolute atomic E-state index is 0.475. The SMILES string of the molecule is O=C(O)C(F)(F)F.O=C1CCCCCC1. The van der Waals surface area contributed by atoms with Crippen molar-refractivity contribution in [3.63, 3.8) is 0 Å². The second kappa shape index (κ2) is 6.42. The summed E-state index contributed by atoms with van der Waals surface area (Å²) in [5.41, 5.74) is 0. The highest BCUT2D eigenvalue weighted by Gasteiger charge is 2.38. The van der Waals surface area contributed by atoms with Gasteiger partial charge < -0.3 is 5.11 Å². The zero-order valence-corrected chi connectivity index (χ0v) is 8.14. The fraction of sp³-hybridized carbons (Fsp3) is 0.778. The maximum atomic E-state index is 10.7. The Labute approximate surface area is 85.3 Å². The molecule has 0 bridgehead atoms. The van der Waals surface area contributed by atoms with Gasteiger partial charge in [0.05, 0.1) is 0 Å². The molecule has 6 heteroatoms. The number of aliphatic carboxylic acids is 1. The number of ketones is 1. The number of carboxylic acid groups (broad SMARTS) is 1. The maximum absolute atomic E-state index is 10.7. The molecule has 1 fully saturated rings. The Morgan fingerprint density at radius 1 is 1.07 bits per heavy atom. The molecule has 0 heterocycles. The molecule has 0 unspecified atom stereocenters. The van der Waals surface area contributed by atoms with Gasteiger partial charge in [-0.3, -0.25) is 4.79 Å². The molecule has 0 aromatic rings. The number of alkyl halides is 3. The van der Waals surface area contributed by atoms with Crippen molar-refractivity contribution in [2.24, 2.45) is 0 Å². The topological polar surface area (TPSA) is 54.4 Å². The number of carboxylic acids is 1. The highest BCUT2D eigenvalue weighted by Crippen LogP contribution is 2.13. The average molecular weight is 226 g/mol. The number of carbonyl (C=O) groups is 2. The molecule has 1 saturated carbocycles. The zero-order chi connectivity index (χ0) is 11.9. The van der Waals surface area contributed by atoms with Crippen LogP contribution in [0, 0.1) is 0 Å². The molecule has 0 radical (unpaired) electrons. The molecule has 15 heavy (non-hydrogen) atoms. The fourth-order valence-electron chi connectivity index (χ4n) is 1.12. The van der Waals surface area contributed by atoms with Crippen molar-refractivity contribution in [3.05, 3.63) is 0 Å². The summed E-state index contributed by atoms with van der Waals surface area (Å²) in [5, 5.41) is 7.12. The third-order valence-corrected chi connectivity index (χ3v) is 1.90. The van der Waals surface area contributed by atoms with Crippen LogP contribution in [-0.2, 0) is 9.59 Å². The number of halogens is 3. The predicted molar refractivity (Wildman–Crippen MR) is 46.4 cm³/mol. The number of hydrogen-bond donors (Lipinski definition) is 1. The first-order chi connectivity index (χ1) is 6.84. The van der Waals surface area contributed by atoms with Crippen LogP contribution in [0.1, 0.15) is 38.5 Å². The van der Waals surface area contributed by atoms with Crippen LogP contribution in [-0.4, -0.2) is 23.0 Å². The summed E-state index contributed by atoms with van der Waals surface area (Å²) >= 11 is 0. The molecule has 0 aliphatic heterocycles. The van der Waals surface area contributed by atoms with E-state index in [1.165, 1.54) is 12.8 Å². The Hall–Kier alpha value is -1.07. The lowest BCUT2D eigenvalue weighted by atomic mass is 10.2. The first kappa shape index (κ1) is 13.9. The third-order valence-electron chi connectivity index (χ3n) is 1.90. The predicted octanol–water partition coefficient (Wildman–Crippen LogP) is 2.54. The van der Waals surface area contributed by atoms with E-state index in [0.29, 0.717) is 5.78 Å². The van der Waals surface area contributed by atoms with Gasteiger partial charge in [-0.15, -0.1) is 0 Å². The highest BCUT2D eigenvalue weighted by atomic mass is 19.4. The standard InChI is InChI=1S/C7H12O.C2HF3O2/c8-7-5-3-1-2-4-6-7;3-2(4,5)1(6)7/h1-6H2;(H,6,7). The van der Waals surface area contributed by atoms with E-state index in [9.17, 15) is 18.0 Å². The Morgan fingerprint density at radius 2 is 1.40 bits per heavy atom. The van der Waals surface area contributed by atoms with Crippen molar-refractivity contribution in [1.82, 2.24) is 0 Å². The van der Waals surface area contributed by atoms with Crippen molar-refractivity contribution < 1.29 is 27.9 Å². The molecule has 0 aromatic heterocycles. The summed E-state index contributed by atoms with van der Waals surface area (Å²) in [6, 6.07) is 0. The summed E-state index contributed by atoms with van der Waals surface area (Å²) in [6.07, 6.45) is 1.43. The van der Waals surface area contributed by atoms with Gasteiger partial charge in [0, 0.05) is 12.8 Å². The van der Waals surface area contributed by atoms with Crippen LogP contribution in [0.2, 0.25) is 0 Å². The van der Waals surface area contributed by atoms with Crippen LogP contribution in [0.4, 0.5) is 13.2 Å². The molecule has 1 aliphatic rings. The van der Waals surface area contributed by atoms with Gasteiger partial charge in [0.15, 0.2) is 0 Å². The fourth-order valence-corrected chi connectivity index (χ4v) is 1.12. The Kier molecular flexibility index (Phi) is 5.96. The summed E-state index contributed by atoms with van der Waals surface area (Å²) in [5.74, 6) is -2.28. The van der Waals surface area contributed by atoms with Crippen LogP contribution in [0.5, 0.6) is 0 Å². The van der Waals surface area contributed by atoms with Crippen molar-refractivity contribution >= 4 is 11.8 Å². The molecule has 0 amide bonds. The van der Waals surface area contributed by atoms with Gasteiger partial charge in [0.2, 0.25) is 0 Å². The summed E-state index contributed by atoms with van der Waals surface area (Å²) in [6.45, 7) is 0. The summed E-state index contributed by atoms with van der Waals surface area (Å²) in [4.78, 5) is 19.6. The number of rotatable bonds is 0. The lowest BCUT2D eigenvalue weighted by Crippen LogP contribution is -2.21. The van der Waals surface area contributed by atoms with E-state index in [1.807, 2.05) is 0 Å².